The van der Waals surface area contributed by atoms with Crippen molar-refractivity contribution in [2.24, 2.45) is 0 Å². The van der Waals surface area contributed by atoms with E-state index in [1.807, 2.05) is 12.1 Å². The second-order valence-corrected chi connectivity index (χ2v) is 13.8. The van der Waals surface area contributed by atoms with Crippen molar-refractivity contribution in [2.45, 2.75) is 70.3 Å². The zero-order valence-electron chi connectivity index (χ0n) is 19.6. The molecule has 0 bridgehead atoms. The number of rotatable bonds is 8. The third-order valence-electron chi connectivity index (χ3n) is 6.06. The van der Waals surface area contributed by atoms with Crippen molar-refractivity contribution in [2.75, 3.05) is 13.2 Å². The molecule has 1 saturated heterocycles. The van der Waals surface area contributed by atoms with Crippen LogP contribution in [-0.2, 0) is 18.7 Å². The van der Waals surface area contributed by atoms with Gasteiger partial charge in [0.1, 0.15) is 0 Å². The van der Waals surface area contributed by atoms with Crippen LogP contribution in [0.4, 0.5) is 0 Å². The normalized spacial score (nSPS) is 21.8. The first kappa shape index (κ1) is 24.6. The summed E-state index contributed by atoms with van der Waals surface area (Å²) in [4.78, 5) is 11.9. The summed E-state index contributed by atoms with van der Waals surface area (Å²) in [5.41, 5.74) is 0. The SMILES string of the molecule is CCOC(=O)C[C@@H]1C[C@@H](O)C[C@H](CO[Si](c2ccccc2)(c2ccccc2)C(C)(C)C)O1. The zero-order valence-corrected chi connectivity index (χ0v) is 20.6. The molecule has 0 aliphatic carbocycles. The number of carbonyl (C=O) groups is 1. The van der Waals surface area contributed by atoms with Crippen LogP contribution in [0.2, 0.25) is 5.04 Å². The molecule has 1 heterocycles. The Bertz CT molecular complexity index is 810. The number of esters is 1. The van der Waals surface area contributed by atoms with Crippen LogP contribution in [0.25, 0.3) is 0 Å². The van der Waals surface area contributed by atoms with Gasteiger partial charge in [-0.1, -0.05) is 81.4 Å². The largest absolute Gasteiger partial charge is 0.466 e. The van der Waals surface area contributed by atoms with E-state index in [1.54, 1.807) is 6.92 Å². The maximum absolute atomic E-state index is 11.9. The number of hydrogen-bond acceptors (Lipinski definition) is 5. The van der Waals surface area contributed by atoms with Crippen LogP contribution < -0.4 is 10.4 Å². The molecule has 0 radical (unpaired) electrons. The third-order valence-corrected chi connectivity index (χ3v) is 11.1. The Morgan fingerprint density at radius 2 is 1.53 bits per heavy atom. The Morgan fingerprint density at radius 1 is 1.00 bits per heavy atom. The first-order chi connectivity index (χ1) is 15.3. The molecule has 0 amide bonds. The van der Waals surface area contributed by atoms with E-state index in [2.05, 4.69) is 69.3 Å². The second-order valence-electron chi connectivity index (χ2n) is 9.49. The van der Waals surface area contributed by atoms with E-state index in [0.717, 1.165) is 0 Å². The molecule has 174 valence electrons. The van der Waals surface area contributed by atoms with Gasteiger partial charge in [0, 0.05) is 12.8 Å². The van der Waals surface area contributed by atoms with Gasteiger partial charge in [-0.05, 0) is 22.3 Å². The average Bonchev–Trinajstić information content (AvgIpc) is 2.74. The maximum atomic E-state index is 11.9. The lowest BCUT2D eigenvalue weighted by Gasteiger charge is -2.44. The van der Waals surface area contributed by atoms with Crippen LogP contribution in [0.3, 0.4) is 0 Å². The molecule has 1 aliphatic rings. The van der Waals surface area contributed by atoms with Crippen molar-refractivity contribution in [1.82, 2.24) is 0 Å². The lowest BCUT2D eigenvalue weighted by atomic mass is 9.99. The van der Waals surface area contributed by atoms with E-state index in [0.29, 0.717) is 26.1 Å². The molecule has 0 unspecified atom stereocenters. The highest BCUT2D eigenvalue weighted by atomic mass is 28.4. The molecule has 0 aromatic heterocycles. The molecule has 2 aromatic rings. The zero-order chi connectivity index (χ0) is 23.2. The molecule has 6 heteroatoms. The van der Waals surface area contributed by atoms with Crippen LogP contribution in [0.5, 0.6) is 0 Å². The van der Waals surface area contributed by atoms with Crippen LogP contribution in [-0.4, -0.2) is 50.9 Å². The molecular weight excluding hydrogens is 420 g/mol. The summed E-state index contributed by atoms with van der Waals surface area (Å²) in [6.07, 6.45) is -0.0616. The van der Waals surface area contributed by atoms with Gasteiger partial charge in [-0.2, -0.15) is 0 Å². The van der Waals surface area contributed by atoms with E-state index < -0.39 is 14.4 Å². The average molecular weight is 457 g/mol. The first-order valence-corrected chi connectivity index (χ1v) is 13.4. The molecule has 1 fully saturated rings. The molecule has 0 saturated carbocycles. The van der Waals surface area contributed by atoms with Gasteiger partial charge >= 0.3 is 5.97 Å². The summed E-state index contributed by atoms with van der Waals surface area (Å²) in [6.45, 7) is 9.20. The predicted molar refractivity (Wildman–Crippen MR) is 129 cm³/mol. The predicted octanol–water partition coefficient (Wildman–Crippen LogP) is 3.42. The number of benzene rings is 2. The molecule has 32 heavy (non-hydrogen) atoms. The lowest BCUT2D eigenvalue weighted by molar-refractivity contribution is -0.154. The summed E-state index contributed by atoms with van der Waals surface area (Å²) in [5, 5.41) is 12.7. The number of carbonyl (C=O) groups excluding carboxylic acids is 1. The van der Waals surface area contributed by atoms with Crippen LogP contribution in [0, 0.1) is 0 Å². The fourth-order valence-electron chi connectivity index (χ4n) is 4.71. The lowest BCUT2D eigenvalue weighted by Crippen LogP contribution is -2.67. The monoisotopic (exact) mass is 456 g/mol. The standard InChI is InChI=1S/C26H36O5Si/c1-5-29-25(28)18-21-16-20(27)17-22(31-21)19-30-32(26(2,3)4,23-12-8-6-9-13-23)24-14-10-7-11-15-24/h6-15,20-22,27H,5,16-19H2,1-4H3/t20-,21+,22-/m1/s1. The van der Waals surface area contributed by atoms with Gasteiger partial charge in [-0.25, -0.2) is 0 Å². The minimum absolute atomic E-state index is 0.132. The van der Waals surface area contributed by atoms with Gasteiger partial charge in [0.05, 0.1) is 37.9 Å². The summed E-state index contributed by atoms with van der Waals surface area (Å²) in [6, 6.07) is 20.9. The van der Waals surface area contributed by atoms with E-state index >= 15 is 0 Å². The van der Waals surface area contributed by atoms with E-state index in [1.165, 1.54) is 10.4 Å². The second kappa shape index (κ2) is 10.7. The van der Waals surface area contributed by atoms with Crippen LogP contribution in [0.1, 0.15) is 47.0 Å². The Hall–Kier alpha value is -1.99. The Balaban J connectivity index is 1.87. The van der Waals surface area contributed by atoms with E-state index in [9.17, 15) is 9.90 Å². The third kappa shape index (κ3) is 5.67. The summed E-state index contributed by atoms with van der Waals surface area (Å²) in [7, 11) is -2.68. The molecular formula is C26H36O5Si. The smallest absolute Gasteiger partial charge is 0.308 e. The minimum Gasteiger partial charge on any atom is -0.466 e. The highest BCUT2D eigenvalue weighted by Crippen LogP contribution is 2.37. The number of ether oxygens (including phenoxy) is 2. The summed E-state index contributed by atoms with van der Waals surface area (Å²) < 4.78 is 18.2. The number of aliphatic hydroxyl groups is 1. The fraction of sp³-hybridized carbons (Fsp3) is 0.500. The van der Waals surface area contributed by atoms with Crippen LogP contribution >= 0.6 is 0 Å². The molecule has 3 atom stereocenters. The topological polar surface area (TPSA) is 65.0 Å². The van der Waals surface area contributed by atoms with Crippen molar-refractivity contribution in [1.29, 1.82) is 0 Å². The number of aliphatic hydroxyl groups excluding tert-OH is 1. The van der Waals surface area contributed by atoms with Crippen LogP contribution in [0.15, 0.2) is 60.7 Å². The summed E-state index contributed by atoms with van der Waals surface area (Å²) >= 11 is 0. The Morgan fingerprint density at radius 3 is 2.03 bits per heavy atom. The Kier molecular flexibility index (Phi) is 8.28. The van der Waals surface area contributed by atoms with Gasteiger partial charge in [0.2, 0.25) is 0 Å². The highest BCUT2D eigenvalue weighted by Gasteiger charge is 2.50. The quantitative estimate of drug-likeness (QED) is 0.487. The van der Waals surface area contributed by atoms with Crippen molar-refractivity contribution < 1.29 is 23.8 Å². The van der Waals surface area contributed by atoms with Gasteiger partial charge < -0.3 is 19.0 Å². The first-order valence-electron chi connectivity index (χ1n) is 11.5. The molecule has 0 spiro atoms. The Labute approximate surface area is 192 Å². The van der Waals surface area contributed by atoms with Gasteiger partial charge in [-0.3, -0.25) is 4.79 Å². The maximum Gasteiger partial charge on any atom is 0.308 e. The summed E-state index contributed by atoms with van der Waals surface area (Å²) in [5.74, 6) is -0.293. The van der Waals surface area contributed by atoms with Gasteiger partial charge in [0.25, 0.3) is 8.32 Å². The molecule has 1 aliphatic heterocycles. The van der Waals surface area contributed by atoms with Crippen molar-refractivity contribution in [3.63, 3.8) is 0 Å². The van der Waals surface area contributed by atoms with Crippen molar-refractivity contribution >= 4 is 24.7 Å². The van der Waals surface area contributed by atoms with Crippen molar-refractivity contribution in [3.8, 4) is 0 Å². The van der Waals surface area contributed by atoms with E-state index in [-0.39, 0.29) is 29.6 Å². The molecule has 1 N–H and O–H groups in total. The minimum atomic E-state index is -2.68. The van der Waals surface area contributed by atoms with Gasteiger partial charge in [0.15, 0.2) is 0 Å². The van der Waals surface area contributed by atoms with Crippen molar-refractivity contribution in [3.05, 3.63) is 60.7 Å². The number of hydrogen-bond donors (Lipinski definition) is 1. The molecule has 3 rings (SSSR count). The van der Waals surface area contributed by atoms with E-state index in [4.69, 9.17) is 13.9 Å². The van der Waals surface area contributed by atoms with Gasteiger partial charge in [-0.15, -0.1) is 0 Å². The fourth-order valence-corrected chi connectivity index (χ4v) is 9.30. The highest BCUT2D eigenvalue weighted by molar-refractivity contribution is 6.99. The molecule has 2 aromatic carbocycles. The molecule has 5 nitrogen and oxygen atoms in total.